The van der Waals surface area contributed by atoms with Crippen molar-refractivity contribution in [3.8, 4) is 0 Å². The van der Waals surface area contributed by atoms with Gasteiger partial charge in [0.05, 0.1) is 0 Å². The van der Waals surface area contributed by atoms with Crippen molar-refractivity contribution >= 4 is 17.5 Å². The van der Waals surface area contributed by atoms with E-state index < -0.39 is 0 Å². The molecule has 0 bridgehead atoms. The molecule has 100 valence electrons. The highest BCUT2D eigenvalue weighted by molar-refractivity contribution is 5.76. The third kappa shape index (κ3) is 3.58. The maximum atomic E-state index is 11.2. The molecule has 1 amide bonds. The summed E-state index contributed by atoms with van der Waals surface area (Å²) in [6.45, 7) is 2.69. The van der Waals surface area contributed by atoms with Crippen LogP contribution in [0.25, 0.3) is 0 Å². The highest BCUT2D eigenvalue weighted by Gasteiger charge is 2.13. The molecule has 0 aliphatic carbocycles. The first-order chi connectivity index (χ1) is 8.60. The van der Waals surface area contributed by atoms with Gasteiger partial charge in [-0.2, -0.15) is 0 Å². The van der Waals surface area contributed by atoms with Gasteiger partial charge in [-0.25, -0.2) is 9.97 Å². The summed E-state index contributed by atoms with van der Waals surface area (Å²) in [5, 5.41) is 2.60. The van der Waals surface area contributed by atoms with Crippen molar-refractivity contribution in [2.45, 2.75) is 26.2 Å². The largest absolute Gasteiger partial charge is 0.383 e. The van der Waals surface area contributed by atoms with Crippen LogP contribution in [0.4, 0.5) is 11.6 Å². The van der Waals surface area contributed by atoms with Gasteiger partial charge in [-0.05, 0) is 6.42 Å². The first kappa shape index (κ1) is 14.2. The number of carbonyl (C=O) groups is 1. The van der Waals surface area contributed by atoms with Gasteiger partial charge in [-0.15, -0.1) is 0 Å². The zero-order chi connectivity index (χ0) is 13.5. The van der Waals surface area contributed by atoms with E-state index in [1.54, 1.807) is 7.05 Å². The number of nitrogens with zero attached hydrogens (tertiary/aromatic N) is 3. The van der Waals surface area contributed by atoms with Crippen molar-refractivity contribution < 1.29 is 4.79 Å². The van der Waals surface area contributed by atoms with Crippen LogP contribution in [0.5, 0.6) is 0 Å². The molecule has 0 radical (unpaired) electrons. The highest BCUT2D eigenvalue weighted by atomic mass is 16.1. The van der Waals surface area contributed by atoms with Gasteiger partial charge in [0.1, 0.15) is 18.0 Å². The predicted molar refractivity (Wildman–Crippen MR) is 72.4 cm³/mol. The van der Waals surface area contributed by atoms with Crippen molar-refractivity contribution in [2.24, 2.45) is 0 Å². The van der Waals surface area contributed by atoms with E-state index in [1.807, 2.05) is 11.9 Å². The van der Waals surface area contributed by atoms with E-state index in [0.29, 0.717) is 18.8 Å². The van der Waals surface area contributed by atoms with E-state index in [4.69, 9.17) is 5.73 Å². The van der Waals surface area contributed by atoms with Crippen molar-refractivity contribution in [3.63, 3.8) is 0 Å². The van der Waals surface area contributed by atoms with Crippen LogP contribution in [0.15, 0.2) is 6.33 Å². The molecule has 6 heteroatoms. The summed E-state index contributed by atoms with van der Waals surface area (Å²) < 4.78 is 0. The lowest BCUT2D eigenvalue weighted by Crippen LogP contribution is -2.27. The molecule has 1 rings (SSSR count). The summed E-state index contributed by atoms with van der Waals surface area (Å²) in [6, 6.07) is 0. The standard InChI is InChI=1S/C12H21N5O/c1-4-5-9-11(13)15-8-16-12(9)17(3)7-6-10(18)14-2/h8H,4-7H2,1-3H3,(H,14,18)(H2,13,15,16). The molecule has 0 fully saturated rings. The Hall–Kier alpha value is -1.85. The number of nitrogens with two attached hydrogens (primary N) is 1. The van der Waals surface area contributed by atoms with E-state index in [2.05, 4.69) is 22.2 Å². The predicted octanol–water partition coefficient (Wildman–Crippen LogP) is 0.584. The number of rotatable bonds is 6. The van der Waals surface area contributed by atoms with Gasteiger partial charge in [-0.1, -0.05) is 13.3 Å². The van der Waals surface area contributed by atoms with Crippen LogP contribution in [0, 0.1) is 0 Å². The topological polar surface area (TPSA) is 84.1 Å². The van der Waals surface area contributed by atoms with Crippen molar-refractivity contribution in [3.05, 3.63) is 11.9 Å². The lowest BCUT2D eigenvalue weighted by Gasteiger charge is -2.21. The lowest BCUT2D eigenvalue weighted by molar-refractivity contribution is -0.120. The van der Waals surface area contributed by atoms with Crippen LogP contribution in [0.2, 0.25) is 0 Å². The van der Waals surface area contributed by atoms with Crippen LogP contribution < -0.4 is 16.0 Å². The molecule has 1 aromatic heterocycles. The molecule has 0 aliphatic heterocycles. The van der Waals surface area contributed by atoms with E-state index in [1.165, 1.54) is 6.33 Å². The van der Waals surface area contributed by atoms with Gasteiger partial charge >= 0.3 is 0 Å². The minimum atomic E-state index is 0.0147. The molecule has 0 aromatic carbocycles. The van der Waals surface area contributed by atoms with Gasteiger partial charge in [0.25, 0.3) is 0 Å². The normalized spacial score (nSPS) is 10.2. The van der Waals surface area contributed by atoms with Gasteiger partial charge < -0.3 is 16.0 Å². The maximum Gasteiger partial charge on any atom is 0.221 e. The second kappa shape index (κ2) is 6.78. The van der Waals surface area contributed by atoms with Crippen LogP contribution in [-0.4, -0.2) is 36.5 Å². The first-order valence-corrected chi connectivity index (χ1v) is 6.11. The lowest BCUT2D eigenvalue weighted by atomic mass is 10.1. The summed E-state index contributed by atoms with van der Waals surface area (Å²) in [5.41, 5.74) is 6.83. The number of nitrogens with one attached hydrogen (secondary N) is 1. The van der Waals surface area contributed by atoms with E-state index in [0.717, 1.165) is 24.2 Å². The summed E-state index contributed by atoms with van der Waals surface area (Å²) in [4.78, 5) is 21.5. The number of hydrogen-bond donors (Lipinski definition) is 2. The van der Waals surface area contributed by atoms with Crippen LogP contribution in [0.1, 0.15) is 25.3 Å². The average Bonchev–Trinajstić information content (AvgIpc) is 2.38. The Morgan fingerprint density at radius 3 is 2.83 bits per heavy atom. The van der Waals surface area contributed by atoms with Crippen molar-refractivity contribution in [2.75, 3.05) is 31.3 Å². The molecule has 0 unspecified atom stereocenters. The summed E-state index contributed by atoms with van der Waals surface area (Å²) in [5.74, 6) is 1.35. The Kier molecular flexibility index (Phi) is 5.35. The molecular formula is C12H21N5O. The van der Waals surface area contributed by atoms with E-state index >= 15 is 0 Å². The molecule has 0 aliphatic rings. The molecule has 0 atom stereocenters. The fraction of sp³-hybridized carbons (Fsp3) is 0.583. The van der Waals surface area contributed by atoms with Gasteiger partial charge in [0.15, 0.2) is 0 Å². The summed E-state index contributed by atoms with van der Waals surface area (Å²) in [7, 11) is 3.54. The third-order valence-corrected chi connectivity index (χ3v) is 2.77. The molecular weight excluding hydrogens is 230 g/mol. The maximum absolute atomic E-state index is 11.2. The van der Waals surface area contributed by atoms with Crippen LogP contribution in [0.3, 0.4) is 0 Å². The number of hydrogen-bond acceptors (Lipinski definition) is 5. The molecule has 0 saturated carbocycles. The highest BCUT2D eigenvalue weighted by Crippen LogP contribution is 2.22. The number of aromatic nitrogens is 2. The Morgan fingerprint density at radius 1 is 1.50 bits per heavy atom. The first-order valence-electron chi connectivity index (χ1n) is 6.11. The molecule has 0 spiro atoms. The van der Waals surface area contributed by atoms with Gasteiger partial charge in [0, 0.05) is 32.6 Å². The van der Waals surface area contributed by atoms with E-state index in [-0.39, 0.29) is 5.91 Å². The van der Waals surface area contributed by atoms with Crippen molar-refractivity contribution in [1.82, 2.24) is 15.3 Å². The smallest absolute Gasteiger partial charge is 0.221 e. The Labute approximate surface area is 108 Å². The second-order valence-corrected chi connectivity index (χ2v) is 4.16. The van der Waals surface area contributed by atoms with Crippen molar-refractivity contribution in [1.29, 1.82) is 0 Å². The van der Waals surface area contributed by atoms with E-state index in [9.17, 15) is 4.79 Å². The average molecular weight is 251 g/mol. The fourth-order valence-electron chi connectivity index (χ4n) is 1.74. The number of nitrogen functional groups attached to an aromatic ring is 1. The molecule has 1 aromatic rings. The van der Waals surface area contributed by atoms with Gasteiger partial charge in [0.2, 0.25) is 5.91 Å². The van der Waals surface area contributed by atoms with Gasteiger partial charge in [-0.3, -0.25) is 4.79 Å². The minimum Gasteiger partial charge on any atom is -0.383 e. The number of anilines is 2. The molecule has 18 heavy (non-hydrogen) atoms. The monoisotopic (exact) mass is 251 g/mol. The Bertz CT molecular complexity index is 407. The second-order valence-electron chi connectivity index (χ2n) is 4.16. The van der Waals surface area contributed by atoms with Crippen LogP contribution in [-0.2, 0) is 11.2 Å². The molecule has 1 heterocycles. The summed E-state index contributed by atoms with van der Waals surface area (Å²) in [6.07, 6.45) is 3.71. The quantitative estimate of drug-likeness (QED) is 0.772. The SMILES string of the molecule is CCCc1c(N)ncnc1N(C)CCC(=O)NC. The fourth-order valence-corrected chi connectivity index (χ4v) is 1.74. The zero-order valence-corrected chi connectivity index (χ0v) is 11.2. The van der Waals surface area contributed by atoms with Crippen LogP contribution >= 0.6 is 0 Å². The number of carbonyl (C=O) groups excluding carboxylic acids is 1. The minimum absolute atomic E-state index is 0.0147. The summed E-state index contributed by atoms with van der Waals surface area (Å²) >= 11 is 0. The molecule has 0 saturated heterocycles. The number of amides is 1. The molecule has 3 N–H and O–H groups in total. The molecule has 6 nitrogen and oxygen atoms in total. The third-order valence-electron chi connectivity index (χ3n) is 2.77. The Balaban J connectivity index is 2.81. The Morgan fingerprint density at radius 2 is 2.22 bits per heavy atom. The zero-order valence-electron chi connectivity index (χ0n) is 11.2.